The quantitative estimate of drug-likeness (QED) is 0.271. The zero-order valence-corrected chi connectivity index (χ0v) is 21.9. The molecule has 1 N–H and O–H groups in total. The number of aromatic amines is 1. The number of anilines is 1. The van der Waals surface area contributed by atoms with Gasteiger partial charge in [-0.25, -0.2) is 4.99 Å². The predicted octanol–water partition coefficient (Wildman–Crippen LogP) is 5.61. The average Bonchev–Trinajstić information content (AvgIpc) is 3.44. The first-order chi connectivity index (χ1) is 16.1. The van der Waals surface area contributed by atoms with Gasteiger partial charge in [-0.05, 0) is 44.4 Å². The molecule has 6 nitrogen and oxygen atoms in total. The van der Waals surface area contributed by atoms with Crippen LogP contribution < -0.4 is 9.64 Å². The number of rotatable bonds is 10. The molecule has 3 rings (SSSR count). The number of carbonyl (C=O) groups excluding carboxylic acids is 1. The lowest BCUT2D eigenvalue weighted by Crippen LogP contribution is -2.20. The Morgan fingerprint density at radius 2 is 1.97 bits per heavy atom. The van der Waals surface area contributed by atoms with Gasteiger partial charge in [-0.15, -0.1) is 0 Å². The number of hydrogen-bond donors (Lipinski definition) is 1. The van der Waals surface area contributed by atoms with Gasteiger partial charge >= 0.3 is 0 Å². The molecular formula is C27H37N3O3S. The van der Waals surface area contributed by atoms with E-state index in [9.17, 15) is 9.00 Å². The van der Waals surface area contributed by atoms with Crippen LogP contribution in [0.25, 0.3) is 0 Å². The van der Waals surface area contributed by atoms with Crippen molar-refractivity contribution in [2.45, 2.75) is 47.0 Å². The maximum atomic E-state index is 13.0. The number of ether oxygens (including phenoxy) is 1. The van der Waals surface area contributed by atoms with Gasteiger partial charge in [-0.1, -0.05) is 27.4 Å². The van der Waals surface area contributed by atoms with Gasteiger partial charge in [0.25, 0.3) is 0 Å². The Morgan fingerprint density at radius 1 is 1.26 bits per heavy atom. The summed E-state index contributed by atoms with van der Waals surface area (Å²) in [6, 6.07) is 6.15. The second-order valence-corrected chi connectivity index (χ2v) is 11.4. The summed E-state index contributed by atoms with van der Waals surface area (Å²) < 4.78 is 17.4. The van der Waals surface area contributed by atoms with E-state index in [1.54, 1.807) is 18.5 Å². The first kappa shape index (κ1) is 25.9. The number of carbonyl (C=O) groups is 1. The van der Waals surface area contributed by atoms with Gasteiger partial charge in [0.1, 0.15) is 5.75 Å². The molecule has 1 aromatic carbocycles. The second-order valence-electron chi connectivity index (χ2n) is 9.85. The molecule has 1 aliphatic rings. The highest BCUT2D eigenvalue weighted by atomic mass is 32.2. The fourth-order valence-corrected chi connectivity index (χ4v) is 4.54. The topological polar surface area (TPSA) is 74.8 Å². The van der Waals surface area contributed by atoms with Gasteiger partial charge in [0.15, 0.2) is 5.78 Å². The summed E-state index contributed by atoms with van der Waals surface area (Å²) >= 11 is 0. The lowest BCUT2D eigenvalue weighted by molar-refractivity contribution is 0.0859. The maximum Gasteiger partial charge on any atom is 0.171 e. The molecule has 34 heavy (non-hydrogen) atoms. The van der Waals surface area contributed by atoms with Gasteiger partial charge in [0, 0.05) is 70.5 Å². The van der Waals surface area contributed by atoms with Crippen molar-refractivity contribution in [1.82, 2.24) is 4.98 Å². The van der Waals surface area contributed by atoms with Crippen LogP contribution in [0.3, 0.4) is 0 Å². The molecule has 184 valence electrons. The fraction of sp³-hybridized carbons (Fsp3) is 0.481. The second kappa shape index (κ2) is 11.2. The third-order valence-corrected chi connectivity index (χ3v) is 6.76. The molecule has 1 saturated heterocycles. The van der Waals surface area contributed by atoms with Crippen molar-refractivity contribution in [2.75, 3.05) is 36.6 Å². The number of Topliss-reactive ketones (excluding diaryl/α,β-unsaturated/α-hetero) is 1. The van der Waals surface area contributed by atoms with Crippen LogP contribution in [0.4, 0.5) is 11.4 Å². The number of aromatic nitrogens is 1. The van der Waals surface area contributed by atoms with Crippen molar-refractivity contribution in [1.29, 1.82) is 0 Å². The minimum absolute atomic E-state index is 0.0437. The van der Waals surface area contributed by atoms with Gasteiger partial charge < -0.3 is 14.6 Å². The third kappa shape index (κ3) is 6.47. The van der Waals surface area contributed by atoms with Crippen molar-refractivity contribution >= 4 is 33.7 Å². The lowest BCUT2D eigenvalue weighted by atomic mass is 9.87. The minimum atomic E-state index is -0.828. The highest BCUT2D eigenvalue weighted by molar-refractivity contribution is 7.84. The highest BCUT2D eigenvalue weighted by Gasteiger charge is 2.27. The summed E-state index contributed by atoms with van der Waals surface area (Å²) in [4.78, 5) is 23.4. The van der Waals surface area contributed by atoms with Crippen LogP contribution in [0, 0.1) is 12.3 Å². The Bertz CT molecular complexity index is 1090. The summed E-state index contributed by atoms with van der Waals surface area (Å²) in [6.07, 6.45) is 8.26. The monoisotopic (exact) mass is 483 g/mol. The summed E-state index contributed by atoms with van der Waals surface area (Å²) in [5.41, 5.74) is 4.24. The Morgan fingerprint density at radius 3 is 2.59 bits per heavy atom. The Hall–Kier alpha value is -2.67. The third-order valence-electron chi connectivity index (χ3n) is 5.90. The summed E-state index contributed by atoms with van der Waals surface area (Å²) in [5.74, 6) is 1.42. The van der Waals surface area contributed by atoms with E-state index in [-0.39, 0.29) is 5.78 Å². The molecule has 1 unspecified atom stereocenters. The van der Waals surface area contributed by atoms with Crippen LogP contribution in [-0.4, -0.2) is 52.4 Å². The van der Waals surface area contributed by atoms with Crippen molar-refractivity contribution in [3.63, 3.8) is 0 Å². The lowest BCUT2D eigenvalue weighted by Gasteiger charge is -2.20. The highest BCUT2D eigenvalue weighted by Crippen LogP contribution is 2.33. The molecule has 2 heterocycles. The van der Waals surface area contributed by atoms with Crippen LogP contribution in [-0.2, 0) is 10.8 Å². The summed E-state index contributed by atoms with van der Waals surface area (Å²) in [7, 11) is -0.828. The van der Waals surface area contributed by atoms with E-state index in [2.05, 4.69) is 28.6 Å². The average molecular weight is 484 g/mol. The van der Waals surface area contributed by atoms with Crippen LogP contribution in [0.15, 0.2) is 42.0 Å². The molecule has 2 aromatic rings. The number of hydrogen-bond acceptors (Lipinski definition) is 5. The smallest absolute Gasteiger partial charge is 0.171 e. The maximum absolute atomic E-state index is 13.0. The largest absolute Gasteiger partial charge is 0.493 e. The van der Waals surface area contributed by atoms with Crippen LogP contribution >= 0.6 is 0 Å². The molecule has 7 heteroatoms. The number of nitrogens with one attached hydrogen (secondary N) is 1. The van der Waals surface area contributed by atoms with E-state index in [4.69, 9.17) is 9.73 Å². The van der Waals surface area contributed by atoms with Crippen LogP contribution in [0.5, 0.6) is 5.75 Å². The van der Waals surface area contributed by atoms with E-state index >= 15 is 0 Å². The van der Waals surface area contributed by atoms with E-state index in [1.807, 2.05) is 33.8 Å². The zero-order valence-electron chi connectivity index (χ0n) is 21.1. The number of benzene rings is 1. The number of H-pyrrole nitrogens is 1. The van der Waals surface area contributed by atoms with Crippen LogP contribution in [0.1, 0.15) is 61.6 Å². The van der Waals surface area contributed by atoms with E-state index < -0.39 is 16.2 Å². The number of aryl methyl sites for hydroxylation is 1. The number of allylic oxidation sites excluding steroid dienone is 1. The van der Waals surface area contributed by atoms with Crippen molar-refractivity contribution in [2.24, 2.45) is 10.4 Å². The first-order valence-corrected chi connectivity index (χ1v) is 13.6. The van der Waals surface area contributed by atoms with Gasteiger partial charge in [0.05, 0.1) is 23.6 Å². The molecule has 1 fully saturated rings. The molecule has 0 saturated carbocycles. The molecule has 0 radical (unpaired) electrons. The van der Waals surface area contributed by atoms with E-state index in [0.717, 1.165) is 42.2 Å². The van der Waals surface area contributed by atoms with Gasteiger partial charge in [-0.3, -0.25) is 9.00 Å². The molecule has 1 atom stereocenters. The van der Waals surface area contributed by atoms with E-state index in [1.165, 1.54) is 12.8 Å². The van der Waals surface area contributed by atoms with Crippen molar-refractivity contribution < 1.29 is 13.7 Å². The first-order valence-electron chi connectivity index (χ1n) is 11.9. The Kier molecular flexibility index (Phi) is 8.52. The summed E-state index contributed by atoms with van der Waals surface area (Å²) in [5, 5.41) is 0. The van der Waals surface area contributed by atoms with E-state index in [0.29, 0.717) is 29.3 Å². The standard InChI is InChI=1S/C27H37N3O3S/c1-7-24(29-25-19(2)28-18-23(25)26(31)27(3,4)5)20-15-21(30-11-8-9-12-30)17-22(16-20)33-13-10-14-34(6)32/h7,15-18,28H,1,8-14H2,2-6H3. The fourth-order valence-electron chi connectivity index (χ4n) is 4.01. The molecule has 0 spiro atoms. The zero-order chi connectivity index (χ0) is 24.9. The summed E-state index contributed by atoms with van der Waals surface area (Å²) in [6.45, 7) is 14.2. The van der Waals surface area contributed by atoms with Crippen molar-refractivity contribution in [3.05, 3.63) is 53.9 Å². The number of nitrogens with zero attached hydrogens (tertiary/aromatic N) is 2. The molecule has 0 aliphatic carbocycles. The predicted molar refractivity (Wildman–Crippen MR) is 143 cm³/mol. The SMILES string of the molecule is C=CC(=Nc1c(C(=O)C(C)(C)C)c[nH]c1C)c1cc(OCCCS(C)=O)cc(N2CCCC2)c1. The normalized spacial score (nSPS) is 15.4. The van der Waals surface area contributed by atoms with Crippen LogP contribution in [0.2, 0.25) is 0 Å². The van der Waals surface area contributed by atoms with Crippen molar-refractivity contribution in [3.8, 4) is 5.75 Å². The minimum Gasteiger partial charge on any atom is -0.493 e. The Balaban J connectivity index is 2.00. The number of aliphatic imine (C=N–C) groups is 1. The van der Waals surface area contributed by atoms with Gasteiger partial charge in [0.2, 0.25) is 0 Å². The molecule has 0 amide bonds. The van der Waals surface area contributed by atoms with Gasteiger partial charge in [-0.2, -0.15) is 0 Å². The molecular weight excluding hydrogens is 446 g/mol. The molecule has 1 aliphatic heterocycles. The molecule has 0 bridgehead atoms. The molecule has 1 aromatic heterocycles. The number of ketones is 1. The Labute approximate surface area is 206 Å².